The van der Waals surface area contributed by atoms with Crippen molar-refractivity contribution in [2.75, 3.05) is 25.6 Å². The van der Waals surface area contributed by atoms with Gasteiger partial charge in [0.2, 0.25) is 5.91 Å². The summed E-state index contributed by atoms with van der Waals surface area (Å²) in [5, 5.41) is 2.87. The highest BCUT2D eigenvalue weighted by Gasteiger charge is 2.43. The number of methoxy groups -OCH3 is 1. The molecule has 0 radical (unpaired) electrons. The molecule has 0 spiro atoms. The largest absolute Gasteiger partial charge is 0.490 e. The van der Waals surface area contributed by atoms with Gasteiger partial charge in [-0.05, 0) is 50.5 Å². The number of hydrogen-bond acceptors (Lipinski definition) is 5. The van der Waals surface area contributed by atoms with Gasteiger partial charge in [0.05, 0.1) is 18.6 Å². The molecule has 1 atom stereocenters. The summed E-state index contributed by atoms with van der Waals surface area (Å²) in [5.74, 6) is -0.947. The van der Waals surface area contributed by atoms with E-state index in [9.17, 15) is 14.0 Å². The molecule has 1 N–H and O–H groups in total. The van der Waals surface area contributed by atoms with Gasteiger partial charge < -0.3 is 19.5 Å². The molecule has 1 heterocycles. The molecule has 6 nitrogen and oxygen atoms in total. The number of carbonyl (C=O) groups excluding carboxylic acids is 2. The Hall–Kier alpha value is -2.93. The van der Waals surface area contributed by atoms with Crippen molar-refractivity contribution in [2.24, 2.45) is 0 Å². The molecule has 1 saturated heterocycles. The van der Waals surface area contributed by atoms with Crippen LogP contribution >= 0.6 is 0 Å². The Morgan fingerprint density at radius 1 is 1.19 bits per heavy atom. The normalized spacial score (nSPS) is 16.3. The molecule has 0 bridgehead atoms. The second-order valence-corrected chi connectivity index (χ2v) is 7.67. The highest BCUT2D eigenvalue weighted by atomic mass is 19.1. The summed E-state index contributed by atoms with van der Waals surface area (Å²) < 4.78 is 30.8. The predicted octanol–water partition coefficient (Wildman–Crippen LogP) is 4.48. The number of halogens is 1. The van der Waals surface area contributed by atoms with Crippen LogP contribution in [0.25, 0.3) is 0 Å². The Bertz CT molecular complexity index is 939. The van der Waals surface area contributed by atoms with Crippen LogP contribution in [0.15, 0.2) is 42.5 Å². The van der Waals surface area contributed by atoms with Crippen LogP contribution in [0.2, 0.25) is 0 Å². The van der Waals surface area contributed by atoms with Gasteiger partial charge in [0, 0.05) is 24.5 Å². The average molecular weight is 429 g/mol. The zero-order chi connectivity index (χ0) is 22.4. The third kappa shape index (κ3) is 4.88. The van der Waals surface area contributed by atoms with Crippen LogP contribution in [0.5, 0.6) is 5.75 Å². The van der Waals surface area contributed by atoms with Crippen molar-refractivity contribution < 1.29 is 28.2 Å². The Balaban J connectivity index is 1.93. The van der Waals surface area contributed by atoms with E-state index in [1.54, 1.807) is 30.3 Å². The maximum atomic E-state index is 14.6. The molecule has 2 aromatic rings. The molecule has 3 rings (SSSR count). The quantitative estimate of drug-likeness (QED) is 0.657. The van der Waals surface area contributed by atoms with Crippen LogP contribution in [0.3, 0.4) is 0 Å². The highest BCUT2D eigenvalue weighted by molar-refractivity contribution is 6.01. The summed E-state index contributed by atoms with van der Waals surface area (Å²) in [5.41, 5.74) is -0.0849. The molecule has 1 aliphatic rings. The van der Waals surface area contributed by atoms with Crippen molar-refractivity contribution in [1.82, 2.24) is 0 Å². The van der Waals surface area contributed by atoms with Gasteiger partial charge in [0.1, 0.15) is 17.1 Å². The first-order valence-corrected chi connectivity index (χ1v) is 10.4. The predicted molar refractivity (Wildman–Crippen MR) is 115 cm³/mol. The number of benzene rings is 2. The first-order valence-electron chi connectivity index (χ1n) is 10.4. The van der Waals surface area contributed by atoms with Crippen molar-refractivity contribution in [2.45, 2.75) is 44.6 Å². The molecule has 2 aromatic carbocycles. The molecule has 1 unspecified atom stereocenters. The smallest absolute Gasteiger partial charge is 0.341 e. The number of hydrogen-bond donors (Lipinski definition) is 1. The van der Waals surface area contributed by atoms with Crippen LogP contribution in [-0.4, -0.2) is 38.3 Å². The highest BCUT2D eigenvalue weighted by Crippen LogP contribution is 2.38. The molecule has 31 heavy (non-hydrogen) atoms. The van der Waals surface area contributed by atoms with E-state index in [0.29, 0.717) is 43.1 Å². The summed E-state index contributed by atoms with van der Waals surface area (Å²) in [4.78, 5) is 25.7. The zero-order valence-electron chi connectivity index (χ0n) is 18.1. The molecule has 0 aromatic heterocycles. The lowest BCUT2D eigenvalue weighted by molar-refractivity contribution is -0.125. The fraction of sp³-hybridized carbons (Fsp3) is 0.417. The van der Waals surface area contributed by atoms with E-state index in [1.165, 1.54) is 19.2 Å². The first kappa shape index (κ1) is 22.7. The van der Waals surface area contributed by atoms with E-state index in [4.69, 9.17) is 14.2 Å². The number of carbonyl (C=O) groups is 2. The van der Waals surface area contributed by atoms with Crippen molar-refractivity contribution >= 4 is 17.6 Å². The van der Waals surface area contributed by atoms with Crippen LogP contribution in [-0.2, 0) is 19.7 Å². The van der Waals surface area contributed by atoms with Crippen LogP contribution in [0, 0.1) is 5.82 Å². The van der Waals surface area contributed by atoms with Gasteiger partial charge in [-0.2, -0.15) is 0 Å². The van der Waals surface area contributed by atoms with E-state index in [2.05, 4.69) is 5.32 Å². The van der Waals surface area contributed by atoms with Crippen LogP contribution in [0.1, 0.15) is 49.0 Å². The fourth-order valence-corrected chi connectivity index (χ4v) is 3.72. The lowest BCUT2D eigenvalue weighted by Gasteiger charge is -2.36. The third-order valence-electron chi connectivity index (χ3n) is 5.72. The minimum absolute atomic E-state index is 0.0876. The molecule has 0 saturated carbocycles. The molecular formula is C24H28FNO5. The number of esters is 1. The summed E-state index contributed by atoms with van der Waals surface area (Å²) in [7, 11) is 1.29. The van der Waals surface area contributed by atoms with Crippen molar-refractivity contribution in [3.05, 3.63) is 59.4 Å². The Labute approximate surface area is 181 Å². The molecule has 1 fully saturated rings. The van der Waals surface area contributed by atoms with Gasteiger partial charge in [-0.15, -0.1) is 0 Å². The number of nitrogens with one attached hydrogen (secondary N) is 1. The van der Waals surface area contributed by atoms with Crippen molar-refractivity contribution in [3.8, 4) is 5.75 Å². The van der Waals surface area contributed by atoms with E-state index in [-0.39, 0.29) is 17.6 Å². The molecule has 1 amide bonds. The zero-order valence-corrected chi connectivity index (χ0v) is 18.1. The molecule has 1 aliphatic heterocycles. The minimum atomic E-state index is -1.05. The summed E-state index contributed by atoms with van der Waals surface area (Å²) in [6.45, 7) is 4.60. The van der Waals surface area contributed by atoms with E-state index < -0.39 is 17.2 Å². The van der Waals surface area contributed by atoms with E-state index >= 15 is 0 Å². The number of ether oxygens (including phenoxy) is 3. The minimum Gasteiger partial charge on any atom is -0.490 e. The van der Waals surface area contributed by atoms with Crippen molar-refractivity contribution in [3.63, 3.8) is 0 Å². The lowest BCUT2D eigenvalue weighted by Crippen LogP contribution is -2.45. The Morgan fingerprint density at radius 2 is 1.90 bits per heavy atom. The second kappa shape index (κ2) is 9.92. The maximum Gasteiger partial charge on any atom is 0.341 e. The van der Waals surface area contributed by atoms with Crippen LogP contribution in [0.4, 0.5) is 10.1 Å². The van der Waals surface area contributed by atoms with Gasteiger partial charge in [-0.25, -0.2) is 9.18 Å². The molecular weight excluding hydrogens is 401 g/mol. The summed E-state index contributed by atoms with van der Waals surface area (Å²) in [6.07, 6.45) is 1.40. The topological polar surface area (TPSA) is 73.9 Å². The Kier molecular flexibility index (Phi) is 7.28. The average Bonchev–Trinajstić information content (AvgIpc) is 2.80. The number of anilines is 1. The van der Waals surface area contributed by atoms with Crippen LogP contribution < -0.4 is 10.1 Å². The molecule has 0 aliphatic carbocycles. The summed E-state index contributed by atoms with van der Waals surface area (Å²) in [6, 6.07) is 11.1. The van der Waals surface area contributed by atoms with Gasteiger partial charge in [0.25, 0.3) is 0 Å². The Morgan fingerprint density at radius 3 is 2.55 bits per heavy atom. The molecule has 166 valence electrons. The lowest BCUT2D eigenvalue weighted by atomic mass is 9.73. The maximum absolute atomic E-state index is 14.6. The SMILES string of the molecule is CCC(C)Oc1ccc(NC(=O)C2(c3ccccc3F)CCOCC2)cc1C(=O)OC. The second-order valence-electron chi connectivity index (χ2n) is 7.67. The molecule has 7 heteroatoms. The third-order valence-corrected chi connectivity index (χ3v) is 5.72. The van der Waals surface area contributed by atoms with Gasteiger partial charge in [-0.3, -0.25) is 4.79 Å². The van der Waals surface area contributed by atoms with E-state index in [0.717, 1.165) is 6.42 Å². The number of amides is 1. The first-order chi connectivity index (χ1) is 14.9. The monoisotopic (exact) mass is 429 g/mol. The fourth-order valence-electron chi connectivity index (χ4n) is 3.72. The van der Waals surface area contributed by atoms with Gasteiger partial charge in [0.15, 0.2) is 0 Å². The van der Waals surface area contributed by atoms with Gasteiger partial charge >= 0.3 is 5.97 Å². The summed E-state index contributed by atoms with van der Waals surface area (Å²) >= 11 is 0. The van der Waals surface area contributed by atoms with E-state index in [1.807, 2.05) is 13.8 Å². The number of rotatable bonds is 7. The standard InChI is InChI=1S/C24H28FNO5/c1-4-16(2)31-21-10-9-17(15-18(21)22(27)29-3)26-23(28)24(11-13-30-14-12-24)19-7-5-6-8-20(19)25/h5-10,15-16H,4,11-14H2,1-3H3,(H,26,28). The van der Waals surface area contributed by atoms with Crippen molar-refractivity contribution in [1.29, 1.82) is 0 Å². The van der Waals surface area contributed by atoms with Gasteiger partial charge in [-0.1, -0.05) is 25.1 Å².